The van der Waals surface area contributed by atoms with Crippen LogP contribution < -0.4 is 10.6 Å². The lowest BCUT2D eigenvalue weighted by molar-refractivity contribution is -0.140. The number of rotatable bonds is 10. The lowest BCUT2D eigenvalue weighted by Crippen LogP contribution is -2.43. The Kier molecular flexibility index (Phi) is 8.31. The minimum Gasteiger partial charge on any atom is -0.480 e. The maximum atomic E-state index is 13.3. The molecule has 1 fully saturated rings. The third kappa shape index (κ3) is 6.76. The summed E-state index contributed by atoms with van der Waals surface area (Å²) in [6.45, 7) is 2.35. The van der Waals surface area contributed by atoms with Crippen molar-refractivity contribution in [2.75, 3.05) is 18.5 Å². The van der Waals surface area contributed by atoms with Crippen molar-refractivity contribution in [1.82, 2.24) is 15.3 Å². The summed E-state index contributed by atoms with van der Waals surface area (Å²) < 4.78 is 45.7. The quantitative estimate of drug-likeness (QED) is 0.431. The predicted molar refractivity (Wildman–Crippen MR) is 129 cm³/mol. The highest BCUT2D eigenvalue weighted by Gasteiger charge is 2.37. The number of pyridine rings is 2. The van der Waals surface area contributed by atoms with Crippen molar-refractivity contribution in [1.29, 1.82) is 0 Å². The Hall–Kier alpha value is -3.21. The average Bonchev–Trinajstić information content (AvgIpc) is 2.83. The molecule has 2 aliphatic rings. The van der Waals surface area contributed by atoms with E-state index in [-0.39, 0.29) is 24.7 Å². The van der Waals surface area contributed by atoms with Gasteiger partial charge in [-0.05, 0) is 68.6 Å². The van der Waals surface area contributed by atoms with Crippen LogP contribution in [0.15, 0.2) is 24.5 Å². The van der Waals surface area contributed by atoms with Gasteiger partial charge in [-0.15, -0.1) is 0 Å². The van der Waals surface area contributed by atoms with Crippen molar-refractivity contribution < 1.29 is 32.6 Å². The first-order valence-corrected chi connectivity index (χ1v) is 12.5. The molecule has 3 N–H and O–H groups in total. The number of nitrogens with zero attached hydrogens (tertiary/aromatic N) is 2. The zero-order valence-electron chi connectivity index (χ0n) is 20.6. The predicted octanol–water partition coefficient (Wildman–Crippen LogP) is 4.16. The summed E-state index contributed by atoms with van der Waals surface area (Å²) in [4.78, 5) is 32.4. The Labute approximate surface area is 213 Å². The van der Waals surface area contributed by atoms with Crippen molar-refractivity contribution in [3.05, 3.63) is 52.5 Å². The number of carboxylic acid groups (broad SMARTS) is 1. The molecule has 4 rings (SSSR count). The number of anilines is 1. The highest BCUT2D eigenvalue weighted by molar-refractivity contribution is 5.99. The van der Waals surface area contributed by atoms with Crippen LogP contribution in [0, 0.1) is 12.8 Å². The molecule has 1 aliphatic carbocycles. The molecular weight excluding hydrogens is 489 g/mol. The van der Waals surface area contributed by atoms with Crippen LogP contribution in [0.3, 0.4) is 0 Å². The van der Waals surface area contributed by atoms with Crippen molar-refractivity contribution in [2.45, 2.75) is 70.2 Å². The molecule has 0 saturated heterocycles. The van der Waals surface area contributed by atoms with Gasteiger partial charge in [0, 0.05) is 37.7 Å². The zero-order valence-corrected chi connectivity index (χ0v) is 20.6. The van der Waals surface area contributed by atoms with Gasteiger partial charge < -0.3 is 20.5 Å². The second kappa shape index (κ2) is 11.5. The molecule has 1 amide bonds. The molecule has 1 unspecified atom stereocenters. The topological polar surface area (TPSA) is 113 Å². The van der Waals surface area contributed by atoms with Crippen LogP contribution in [0.25, 0.3) is 0 Å². The maximum Gasteiger partial charge on any atom is 0.418 e. The number of carboxylic acids is 1. The molecule has 0 spiro atoms. The van der Waals surface area contributed by atoms with E-state index in [2.05, 4.69) is 27.8 Å². The smallest absolute Gasteiger partial charge is 0.418 e. The molecule has 8 nitrogen and oxygen atoms in total. The van der Waals surface area contributed by atoms with Crippen LogP contribution in [0.4, 0.5) is 19.0 Å². The average molecular weight is 521 g/mol. The molecule has 0 radical (unpaired) electrons. The molecule has 2 aromatic heterocycles. The van der Waals surface area contributed by atoms with Gasteiger partial charge in [-0.3, -0.25) is 9.78 Å². The maximum absolute atomic E-state index is 13.3. The molecular formula is C26H31F3N4O4. The number of aromatic nitrogens is 2. The Balaban J connectivity index is 1.21. The van der Waals surface area contributed by atoms with Gasteiger partial charge in [-0.2, -0.15) is 13.2 Å². The van der Waals surface area contributed by atoms with Crippen LogP contribution in [0.5, 0.6) is 0 Å². The van der Waals surface area contributed by atoms with E-state index in [4.69, 9.17) is 9.72 Å². The summed E-state index contributed by atoms with van der Waals surface area (Å²) in [6, 6.07) is 2.86. The molecule has 0 bridgehead atoms. The molecule has 37 heavy (non-hydrogen) atoms. The monoisotopic (exact) mass is 520 g/mol. The molecule has 1 atom stereocenters. The van der Waals surface area contributed by atoms with Gasteiger partial charge in [-0.1, -0.05) is 6.07 Å². The van der Waals surface area contributed by atoms with Crippen LogP contribution in [0.2, 0.25) is 0 Å². The third-order valence-electron chi connectivity index (χ3n) is 6.98. The lowest BCUT2D eigenvalue weighted by Gasteiger charge is -2.35. The van der Waals surface area contributed by atoms with E-state index in [9.17, 15) is 27.9 Å². The van der Waals surface area contributed by atoms with Crippen molar-refractivity contribution in [3.63, 3.8) is 0 Å². The number of aryl methyl sites for hydroxylation is 3. The number of carbonyl (C=O) groups is 2. The molecule has 0 aromatic carbocycles. The minimum atomic E-state index is -4.79. The number of aliphatic carboxylic acids is 1. The molecule has 3 heterocycles. The van der Waals surface area contributed by atoms with Crippen LogP contribution >= 0.6 is 0 Å². The number of amides is 1. The van der Waals surface area contributed by atoms with Crippen LogP contribution in [-0.2, 0) is 28.5 Å². The number of carbonyl (C=O) groups excluding carboxylic acids is 1. The number of ether oxygens (including phenoxy) is 1. The van der Waals surface area contributed by atoms with Gasteiger partial charge in [0.1, 0.15) is 11.9 Å². The van der Waals surface area contributed by atoms with Gasteiger partial charge in [0.05, 0.1) is 17.2 Å². The van der Waals surface area contributed by atoms with Crippen molar-refractivity contribution in [2.24, 2.45) is 5.92 Å². The minimum absolute atomic E-state index is 0.00702. The second-order valence-electron chi connectivity index (χ2n) is 9.74. The van der Waals surface area contributed by atoms with E-state index in [0.29, 0.717) is 12.1 Å². The van der Waals surface area contributed by atoms with Crippen molar-refractivity contribution in [3.8, 4) is 0 Å². The van der Waals surface area contributed by atoms with Gasteiger partial charge in [0.2, 0.25) is 0 Å². The van der Waals surface area contributed by atoms with Gasteiger partial charge in [0.25, 0.3) is 5.91 Å². The highest BCUT2D eigenvalue weighted by Crippen LogP contribution is 2.34. The fourth-order valence-electron chi connectivity index (χ4n) is 4.83. The third-order valence-corrected chi connectivity index (χ3v) is 6.98. The molecule has 200 valence electrons. The largest absolute Gasteiger partial charge is 0.480 e. The fourth-order valence-corrected chi connectivity index (χ4v) is 4.83. The molecule has 11 heteroatoms. The fraction of sp³-hybridized carbons (Fsp3) is 0.538. The Morgan fingerprint density at radius 2 is 2.05 bits per heavy atom. The summed E-state index contributed by atoms with van der Waals surface area (Å²) in [5.41, 5.74) is 0.513. The van der Waals surface area contributed by atoms with Gasteiger partial charge in [-0.25, -0.2) is 9.78 Å². The zero-order chi connectivity index (χ0) is 26.6. The van der Waals surface area contributed by atoms with Crippen LogP contribution in [-0.4, -0.2) is 52.2 Å². The standard InChI is InChI=1S/C26H31F3N4O4/c1-15-13-30-14-20(26(27,28)29)22(15)24(34)33-21(25(35)36)8-10-37-19-11-16(12-19)4-6-18-7-5-17-3-2-9-31-23(17)32-18/h5,7,13-14,16,19,21H,2-4,6,8-12H2,1H3,(H,31,32)(H,33,34)(H,35,36). The Morgan fingerprint density at radius 1 is 1.27 bits per heavy atom. The first-order chi connectivity index (χ1) is 17.6. The van der Waals surface area contributed by atoms with E-state index in [0.717, 1.165) is 62.8 Å². The van der Waals surface area contributed by atoms with E-state index in [1.54, 1.807) is 0 Å². The Morgan fingerprint density at radius 3 is 2.78 bits per heavy atom. The number of halogens is 3. The summed E-state index contributed by atoms with van der Waals surface area (Å²) in [6.07, 6.45) is 2.63. The number of fused-ring (bicyclic) bond motifs is 1. The molecule has 2 aromatic rings. The first-order valence-electron chi connectivity index (χ1n) is 12.5. The molecule has 1 saturated carbocycles. The van der Waals surface area contributed by atoms with Gasteiger partial charge in [0.15, 0.2) is 0 Å². The summed E-state index contributed by atoms with van der Waals surface area (Å²) in [7, 11) is 0. The SMILES string of the molecule is Cc1cncc(C(F)(F)F)c1C(=O)NC(CCOC1CC(CCc2ccc3c(n2)NCCC3)C1)C(=O)O. The summed E-state index contributed by atoms with van der Waals surface area (Å²) in [5.74, 6) is -0.946. The summed E-state index contributed by atoms with van der Waals surface area (Å²) >= 11 is 0. The number of nitrogens with one attached hydrogen (secondary N) is 2. The highest BCUT2D eigenvalue weighted by atomic mass is 19.4. The lowest BCUT2D eigenvalue weighted by atomic mass is 9.79. The Bertz CT molecular complexity index is 1140. The first kappa shape index (κ1) is 26.8. The normalized spacial score (nSPS) is 19.8. The number of hydrogen-bond donors (Lipinski definition) is 3. The van der Waals surface area contributed by atoms with Crippen LogP contribution in [0.1, 0.15) is 64.8 Å². The van der Waals surface area contributed by atoms with E-state index < -0.39 is 35.2 Å². The second-order valence-corrected chi connectivity index (χ2v) is 9.74. The number of alkyl halides is 3. The summed E-state index contributed by atoms with van der Waals surface area (Å²) in [5, 5.41) is 15.0. The van der Waals surface area contributed by atoms with E-state index >= 15 is 0 Å². The molecule has 1 aliphatic heterocycles. The van der Waals surface area contributed by atoms with Gasteiger partial charge >= 0.3 is 12.1 Å². The van der Waals surface area contributed by atoms with E-state index in [1.807, 2.05) is 0 Å². The number of hydrogen-bond acceptors (Lipinski definition) is 6. The van der Waals surface area contributed by atoms with Crippen molar-refractivity contribution >= 4 is 17.7 Å². The van der Waals surface area contributed by atoms with E-state index in [1.165, 1.54) is 12.5 Å².